The van der Waals surface area contributed by atoms with Crippen LogP contribution >= 0.6 is 0 Å². The average molecular weight is 321 g/mol. The van der Waals surface area contributed by atoms with E-state index in [1.807, 2.05) is 20.8 Å². The Morgan fingerprint density at radius 1 is 1.22 bits per heavy atom. The van der Waals surface area contributed by atoms with Gasteiger partial charge in [0.2, 0.25) is 0 Å². The van der Waals surface area contributed by atoms with E-state index in [0.29, 0.717) is 12.4 Å². The summed E-state index contributed by atoms with van der Waals surface area (Å²) in [6.45, 7) is 5.85. The molecule has 0 heterocycles. The molecule has 1 aromatic rings. The molecule has 2 rings (SSSR count). The van der Waals surface area contributed by atoms with E-state index in [0.717, 1.165) is 12.8 Å². The van der Waals surface area contributed by atoms with Crippen LogP contribution in [0.2, 0.25) is 0 Å². The van der Waals surface area contributed by atoms with Crippen molar-refractivity contribution in [1.82, 2.24) is 4.90 Å². The zero-order valence-electron chi connectivity index (χ0n) is 14.0. The number of hydrogen-bond acceptors (Lipinski definition) is 4. The summed E-state index contributed by atoms with van der Waals surface area (Å²) in [4.78, 5) is 24.6. The Labute approximate surface area is 136 Å². The van der Waals surface area contributed by atoms with Crippen molar-refractivity contribution in [2.45, 2.75) is 44.8 Å². The van der Waals surface area contributed by atoms with Crippen molar-refractivity contribution in [1.29, 1.82) is 0 Å². The molecular formula is C17H23NO5. The summed E-state index contributed by atoms with van der Waals surface area (Å²) in [5.41, 5.74) is -0.660. The van der Waals surface area contributed by atoms with E-state index < -0.39 is 11.6 Å². The molecule has 1 aliphatic carbocycles. The Bertz CT molecular complexity index is 584. The molecule has 6 nitrogen and oxygen atoms in total. The van der Waals surface area contributed by atoms with Crippen molar-refractivity contribution in [3.63, 3.8) is 0 Å². The Hall–Kier alpha value is -2.24. The van der Waals surface area contributed by atoms with E-state index in [1.54, 1.807) is 24.1 Å². The number of carbonyl (C=O) groups excluding carboxylic acids is 1. The molecule has 0 atom stereocenters. The molecule has 0 aromatic heterocycles. The van der Waals surface area contributed by atoms with Crippen molar-refractivity contribution >= 4 is 12.1 Å². The van der Waals surface area contributed by atoms with Gasteiger partial charge in [-0.2, -0.15) is 0 Å². The summed E-state index contributed by atoms with van der Waals surface area (Å²) in [6, 6.07) is 6.23. The molecule has 1 fully saturated rings. The van der Waals surface area contributed by atoms with Crippen LogP contribution in [-0.4, -0.2) is 46.9 Å². The van der Waals surface area contributed by atoms with Crippen LogP contribution in [0.4, 0.5) is 4.79 Å². The van der Waals surface area contributed by atoms with E-state index >= 15 is 0 Å². The zero-order chi connectivity index (χ0) is 17.3. The Balaban J connectivity index is 1.94. The van der Waals surface area contributed by atoms with Crippen LogP contribution in [0.5, 0.6) is 5.75 Å². The summed E-state index contributed by atoms with van der Waals surface area (Å²) in [5.74, 6) is -0.390. The molecule has 1 aliphatic rings. The van der Waals surface area contributed by atoms with Crippen LogP contribution < -0.4 is 4.74 Å². The Kier molecular flexibility index (Phi) is 4.54. The number of benzene rings is 1. The number of rotatable bonds is 5. The number of carboxylic acid groups (broad SMARTS) is 1. The van der Waals surface area contributed by atoms with Gasteiger partial charge in [-0.25, -0.2) is 9.59 Å². The predicted octanol–water partition coefficient (Wildman–Crippen LogP) is 3.16. The van der Waals surface area contributed by atoms with Crippen LogP contribution in [0.1, 0.15) is 44.0 Å². The number of carbonyl (C=O) groups is 2. The van der Waals surface area contributed by atoms with Crippen molar-refractivity contribution in [2.75, 3.05) is 13.7 Å². The van der Waals surface area contributed by atoms with E-state index in [-0.39, 0.29) is 17.2 Å². The number of ether oxygens (including phenoxy) is 2. The molecule has 1 saturated carbocycles. The summed E-state index contributed by atoms with van der Waals surface area (Å²) >= 11 is 0. The number of aromatic carboxylic acids is 1. The zero-order valence-corrected chi connectivity index (χ0v) is 14.0. The van der Waals surface area contributed by atoms with E-state index in [9.17, 15) is 9.59 Å². The maximum absolute atomic E-state index is 12.2. The fourth-order valence-corrected chi connectivity index (χ4v) is 2.16. The number of carboxylic acids is 1. The molecule has 0 saturated heterocycles. The largest absolute Gasteiger partial charge is 0.491 e. The smallest absolute Gasteiger partial charge is 0.410 e. The molecule has 0 unspecified atom stereocenters. The van der Waals surface area contributed by atoms with E-state index in [1.165, 1.54) is 12.1 Å². The summed E-state index contributed by atoms with van der Waals surface area (Å²) < 4.78 is 11.1. The summed E-state index contributed by atoms with van der Waals surface area (Å²) in [6.07, 6.45) is 1.35. The van der Waals surface area contributed by atoms with Gasteiger partial charge in [0.15, 0.2) is 0 Å². The monoisotopic (exact) mass is 321 g/mol. The van der Waals surface area contributed by atoms with Gasteiger partial charge in [-0.3, -0.25) is 0 Å². The highest BCUT2D eigenvalue weighted by Crippen LogP contribution is 2.42. The van der Waals surface area contributed by atoms with E-state index in [4.69, 9.17) is 14.6 Å². The van der Waals surface area contributed by atoms with Gasteiger partial charge in [0.05, 0.1) is 11.1 Å². The van der Waals surface area contributed by atoms with Gasteiger partial charge in [0.1, 0.15) is 18.0 Å². The lowest BCUT2D eigenvalue weighted by Crippen LogP contribution is -2.45. The van der Waals surface area contributed by atoms with Crippen molar-refractivity contribution in [3.8, 4) is 5.75 Å². The highest BCUT2D eigenvalue weighted by Gasteiger charge is 2.50. The standard InChI is InChI=1S/C17H23NO5/c1-16(2,3)23-15(21)18(4)17(9-10-17)11-22-13-7-5-12(6-8-13)14(19)20/h5-8H,9-11H2,1-4H3,(H,19,20). The van der Waals surface area contributed by atoms with Crippen molar-refractivity contribution in [2.24, 2.45) is 0 Å². The van der Waals surface area contributed by atoms with Gasteiger partial charge in [-0.1, -0.05) is 0 Å². The highest BCUT2D eigenvalue weighted by molar-refractivity contribution is 5.87. The molecule has 0 spiro atoms. The number of hydrogen-bond donors (Lipinski definition) is 1. The van der Waals surface area contributed by atoms with Crippen LogP contribution in [0.3, 0.4) is 0 Å². The third-order valence-electron chi connectivity index (χ3n) is 3.81. The first kappa shape index (κ1) is 17.1. The molecule has 0 radical (unpaired) electrons. The minimum atomic E-state index is -0.972. The van der Waals surface area contributed by atoms with Gasteiger partial charge >= 0.3 is 12.1 Å². The molecule has 1 aromatic carbocycles. The van der Waals surface area contributed by atoms with Gasteiger partial charge in [0, 0.05) is 7.05 Å². The lowest BCUT2D eigenvalue weighted by molar-refractivity contribution is 0.0139. The quantitative estimate of drug-likeness (QED) is 0.901. The molecule has 1 amide bonds. The first-order chi connectivity index (χ1) is 10.6. The Morgan fingerprint density at radius 2 is 1.78 bits per heavy atom. The first-order valence-electron chi connectivity index (χ1n) is 7.56. The van der Waals surface area contributed by atoms with Crippen LogP contribution in [0.25, 0.3) is 0 Å². The molecule has 126 valence electrons. The SMILES string of the molecule is CN(C(=O)OC(C)(C)C)C1(COc2ccc(C(=O)O)cc2)CC1. The Morgan fingerprint density at radius 3 is 2.22 bits per heavy atom. The first-order valence-corrected chi connectivity index (χ1v) is 7.56. The van der Waals surface area contributed by atoms with Crippen LogP contribution in [0, 0.1) is 0 Å². The van der Waals surface area contributed by atoms with Crippen LogP contribution in [-0.2, 0) is 4.74 Å². The summed E-state index contributed by atoms with van der Waals surface area (Å²) in [7, 11) is 1.72. The minimum Gasteiger partial charge on any atom is -0.491 e. The minimum absolute atomic E-state index is 0.212. The van der Waals surface area contributed by atoms with Gasteiger partial charge in [-0.15, -0.1) is 0 Å². The third kappa shape index (κ3) is 4.37. The molecule has 1 N–H and O–H groups in total. The molecule has 0 bridgehead atoms. The topological polar surface area (TPSA) is 76.1 Å². The molecule has 0 aliphatic heterocycles. The number of nitrogens with zero attached hydrogens (tertiary/aromatic N) is 1. The molecule has 23 heavy (non-hydrogen) atoms. The highest BCUT2D eigenvalue weighted by atomic mass is 16.6. The fourth-order valence-electron chi connectivity index (χ4n) is 2.16. The second-order valence-corrected chi connectivity index (χ2v) is 6.88. The average Bonchev–Trinajstić information content (AvgIpc) is 3.24. The van der Waals surface area contributed by atoms with Gasteiger partial charge < -0.3 is 19.5 Å². The predicted molar refractivity (Wildman–Crippen MR) is 84.9 cm³/mol. The van der Waals surface area contributed by atoms with Crippen molar-refractivity contribution < 1.29 is 24.2 Å². The fraction of sp³-hybridized carbons (Fsp3) is 0.529. The lowest BCUT2D eigenvalue weighted by atomic mass is 10.2. The second kappa shape index (κ2) is 6.10. The number of likely N-dealkylation sites (N-methyl/N-ethyl adjacent to an activating group) is 1. The second-order valence-electron chi connectivity index (χ2n) is 6.88. The maximum Gasteiger partial charge on any atom is 0.410 e. The van der Waals surface area contributed by atoms with Gasteiger partial charge in [0.25, 0.3) is 0 Å². The third-order valence-corrected chi connectivity index (χ3v) is 3.81. The normalized spacial score (nSPS) is 15.7. The van der Waals surface area contributed by atoms with Crippen molar-refractivity contribution in [3.05, 3.63) is 29.8 Å². The number of amides is 1. The molecule has 6 heteroatoms. The lowest BCUT2D eigenvalue weighted by Gasteiger charge is -2.30. The molecular weight excluding hydrogens is 298 g/mol. The maximum atomic E-state index is 12.2. The summed E-state index contributed by atoms with van der Waals surface area (Å²) in [5, 5.41) is 8.87. The van der Waals surface area contributed by atoms with E-state index in [2.05, 4.69) is 0 Å². The van der Waals surface area contributed by atoms with Gasteiger partial charge in [-0.05, 0) is 57.9 Å². The van der Waals surface area contributed by atoms with Crippen LogP contribution in [0.15, 0.2) is 24.3 Å².